The van der Waals surface area contributed by atoms with Crippen molar-refractivity contribution in [2.45, 2.75) is 70.8 Å². The second kappa shape index (κ2) is 8.81. The second-order valence-corrected chi connectivity index (χ2v) is 5.09. The van der Waals surface area contributed by atoms with Crippen molar-refractivity contribution in [2.75, 3.05) is 6.61 Å². The summed E-state index contributed by atoms with van der Waals surface area (Å²) in [5, 5.41) is 0. The molecule has 0 bridgehead atoms. The first kappa shape index (κ1) is 13.8. The van der Waals surface area contributed by atoms with E-state index in [9.17, 15) is 0 Å². The van der Waals surface area contributed by atoms with E-state index in [4.69, 9.17) is 4.74 Å². The van der Waals surface area contributed by atoms with Gasteiger partial charge in [0.1, 0.15) is 0 Å². The van der Waals surface area contributed by atoms with Gasteiger partial charge in [0, 0.05) is 6.61 Å². The Kier molecular flexibility index (Phi) is 7.58. The maximum absolute atomic E-state index is 5.88. The van der Waals surface area contributed by atoms with Crippen molar-refractivity contribution >= 4 is 0 Å². The number of hydrogen-bond acceptors (Lipinski definition) is 1. The lowest BCUT2D eigenvalue weighted by Crippen LogP contribution is -2.22. The maximum atomic E-state index is 5.88. The third-order valence-corrected chi connectivity index (χ3v) is 3.67. The third kappa shape index (κ3) is 5.69. The van der Waals surface area contributed by atoms with Gasteiger partial charge in [-0.25, -0.2) is 0 Å². The van der Waals surface area contributed by atoms with E-state index in [1.807, 2.05) is 6.08 Å². The molecule has 0 aromatic rings. The normalized spacial score (nSPS) is 25.6. The van der Waals surface area contributed by atoms with Crippen LogP contribution in [-0.4, -0.2) is 12.7 Å². The van der Waals surface area contributed by atoms with E-state index < -0.39 is 0 Å². The Balaban J connectivity index is 2.02. The average molecular weight is 224 g/mol. The number of allylic oxidation sites excluding steroid dienone is 1. The van der Waals surface area contributed by atoms with Crippen LogP contribution in [0.25, 0.3) is 0 Å². The van der Waals surface area contributed by atoms with Crippen LogP contribution in [0.1, 0.15) is 64.7 Å². The zero-order valence-corrected chi connectivity index (χ0v) is 10.9. The maximum Gasteiger partial charge on any atom is 0.0575 e. The van der Waals surface area contributed by atoms with Crippen LogP contribution in [0, 0.1) is 5.92 Å². The first-order valence-electron chi connectivity index (χ1n) is 7.09. The van der Waals surface area contributed by atoms with Gasteiger partial charge in [0.15, 0.2) is 0 Å². The van der Waals surface area contributed by atoms with Gasteiger partial charge in [-0.2, -0.15) is 0 Å². The van der Waals surface area contributed by atoms with Gasteiger partial charge in [-0.3, -0.25) is 0 Å². The van der Waals surface area contributed by atoms with Crippen LogP contribution in [0.4, 0.5) is 0 Å². The Morgan fingerprint density at radius 1 is 1.19 bits per heavy atom. The molecule has 0 atom stereocenters. The first-order chi connectivity index (χ1) is 7.86. The van der Waals surface area contributed by atoms with Crippen LogP contribution in [0.15, 0.2) is 12.7 Å². The fraction of sp³-hybridized carbons (Fsp3) is 0.867. The van der Waals surface area contributed by atoms with Crippen molar-refractivity contribution in [1.82, 2.24) is 0 Å². The predicted molar refractivity (Wildman–Crippen MR) is 70.7 cm³/mol. The molecule has 0 heterocycles. The van der Waals surface area contributed by atoms with Crippen molar-refractivity contribution < 1.29 is 4.74 Å². The zero-order valence-electron chi connectivity index (χ0n) is 10.9. The molecular weight excluding hydrogens is 196 g/mol. The largest absolute Gasteiger partial charge is 0.378 e. The van der Waals surface area contributed by atoms with Crippen molar-refractivity contribution in [3.8, 4) is 0 Å². The molecule has 0 aromatic carbocycles. The van der Waals surface area contributed by atoms with Crippen molar-refractivity contribution in [3.63, 3.8) is 0 Å². The standard InChI is InChI=1S/C15H28O/c1-3-5-7-8-14-9-11-15(12-10-14)16-13-6-4-2/h3,14-15H,1,4-13H2,2H3. The fourth-order valence-corrected chi connectivity index (χ4v) is 2.53. The lowest BCUT2D eigenvalue weighted by atomic mass is 9.84. The molecule has 1 aliphatic carbocycles. The summed E-state index contributed by atoms with van der Waals surface area (Å²) < 4.78 is 5.88. The molecule has 1 saturated carbocycles. The van der Waals surface area contributed by atoms with Crippen molar-refractivity contribution in [2.24, 2.45) is 5.92 Å². The van der Waals surface area contributed by atoms with E-state index in [0.717, 1.165) is 12.5 Å². The number of unbranched alkanes of at least 4 members (excludes halogenated alkanes) is 2. The summed E-state index contributed by atoms with van der Waals surface area (Å²) in [5.74, 6) is 0.964. The third-order valence-electron chi connectivity index (χ3n) is 3.67. The van der Waals surface area contributed by atoms with Crippen LogP contribution >= 0.6 is 0 Å². The highest BCUT2D eigenvalue weighted by atomic mass is 16.5. The summed E-state index contributed by atoms with van der Waals surface area (Å²) >= 11 is 0. The highest BCUT2D eigenvalue weighted by molar-refractivity contribution is 4.74. The molecule has 16 heavy (non-hydrogen) atoms. The van der Waals surface area contributed by atoms with E-state index in [-0.39, 0.29) is 0 Å². The van der Waals surface area contributed by atoms with Crippen LogP contribution in [-0.2, 0) is 4.74 Å². The van der Waals surface area contributed by atoms with Gasteiger partial charge in [0.25, 0.3) is 0 Å². The van der Waals surface area contributed by atoms with E-state index >= 15 is 0 Å². The number of ether oxygens (including phenoxy) is 1. The Labute approximate surface area is 101 Å². The summed E-state index contributed by atoms with van der Waals surface area (Å²) in [5.41, 5.74) is 0. The van der Waals surface area contributed by atoms with Gasteiger partial charge in [-0.1, -0.05) is 25.8 Å². The molecule has 0 aromatic heterocycles. The summed E-state index contributed by atoms with van der Waals surface area (Å²) in [4.78, 5) is 0. The Hall–Kier alpha value is -0.300. The lowest BCUT2D eigenvalue weighted by molar-refractivity contribution is 0.0157. The van der Waals surface area contributed by atoms with E-state index in [1.165, 1.54) is 57.8 Å². The van der Waals surface area contributed by atoms with Crippen LogP contribution < -0.4 is 0 Å². The molecule has 0 unspecified atom stereocenters. The highest BCUT2D eigenvalue weighted by Gasteiger charge is 2.20. The lowest BCUT2D eigenvalue weighted by Gasteiger charge is -2.28. The molecule has 1 aliphatic rings. The molecule has 0 amide bonds. The topological polar surface area (TPSA) is 9.23 Å². The first-order valence-corrected chi connectivity index (χ1v) is 7.09. The van der Waals surface area contributed by atoms with Crippen LogP contribution in [0.3, 0.4) is 0 Å². The average Bonchev–Trinajstić information content (AvgIpc) is 2.32. The van der Waals surface area contributed by atoms with Crippen LogP contribution in [0.2, 0.25) is 0 Å². The van der Waals surface area contributed by atoms with Gasteiger partial charge in [0.05, 0.1) is 6.10 Å². The quantitative estimate of drug-likeness (QED) is 0.428. The molecular formula is C15H28O. The molecule has 0 N–H and O–H groups in total. The summed E-state index contributed by atoms with van der Waals surface area (Å²) in [7, 11) is 0. The Morgan fingerprint density at radius 3 is 2.56 bits per heavy atom. The molecule has 94 valence electrons. The van der Waals surface area contributed by atoms with E-state index in [1.54, 1.807) is 0 Å². The minimum absolute atomic E-state index is 0.571. The van der Waals surface area contributed by atoms with Gasteiger partial charge < -0.3 is 4.74 Å². The number of rotatable bonds is 8. The summed E-state index contributed by atoms with van der Waals surface area (Å²) in [6.45, 7) is 6.97. The molecule has 0 spiro atoms. The zero-order chi connectivity index (χ0) is 11.6. The SMILES string of the molecule is C=CCCCC1CCC(OCCCC)CC1. The van der Waals surface area contributed by atoms with Gasteiger partial charge in [0.2, 0.25) is 0 Å². The molecule has 1 nitrogen and oxygen atoms in total. The van der Waals surface area contributed by atoms with Crippen molar-refractivity contribution in [1.29, 1.82) is 0 Å². The predicted octanol–water partition coefficient (Wildman–Crippen LogP) is 4.72. The highest BCUT2D eigenvalue weighted by Crippen LogP contribution is 2.29. The minimum atomic E-state index is 0.571. The molecule has 1 fully saturated rings. The van der Waals surface area contributed by atoms with Gasteiger partial charge >= 0.3 is 0 Å². The fourth-order valence-electron chi connectivity index (χ4n) is 2.53. The van der Waals surface area contributed by atoms with Gasteiger partial charge in [-0.15, -0.1) is 6.58 Å². The summed E-state index contributed by atoms with van der Waals surface area (Å²) in [6.07, 6.45) is 14.3. The summed E-state index contributed by atoms with van der Waals surface area (Å²) in [6, 6.07) is 0. The van der Waals surface area contributed by atoms with Gasteiger partial charge in [-0.05, 0) is 50.9 Å². The Morgan fingerprint density at radius 2 is 1.94 bits per heavy atom. The van der Waals surface area contributed by atoms with Crippen molar-refractivity contribution in [3.05, 3.63) is 12.7 Å². The smallest absolute Gasteiger partial charge is 0.0575 e. The second-order valence-electron chi connectivity index (χ2n) is 5.09. The molecule has 1 rings (SSSR count). The minimum Gasteiger partial charge on any atom is -0.378 e. The monoisotopic (exact) mass is 224 g/mol. The number of hydrogen-bond donors (Lipinski definition) is 0. The molecule has 0 aliphatic heterocycles. The molecule has 0 radical (unpaired) electrons. The molecule has 0 saturated heterocycles. The van der Waals surface area contributed by atoms with E-state index in [2.05, 4.69) is 13.5 Å². The van der Waals surface area contributed by atoms with Crippen LogP contribution in [0.5, 0.6) is 0 Å². The van der Waals surface area contributed by atoms with E-state index in [0.29, 0.717) is 6.10 Å². The molecule has 1 heteroatoms. The Bertz CT molecular complexity index is 168.